The molecule has 0 spiro atoms. The van der Waals surface area contributed by atoms with Gasteiger partial charge in [-0.3, -0.25) is 14.8 Å². The number of aromatic nitrogens is 1. The van der Waals surface area contributed by atoms with Gasteiger partial charge >= 0.3 is 12.0 Å². The van der Waals surface area contributed by atoms with E-state index in [9.17, 15) is 9.59 Å². The highest BCUT2D eigenvalue weighted by Gasteiger charge is 2.27. The number of likely N-dealkylation sites (tertiary alicyclic amines) is 1. The summed E-state index contributed by atoms with van der Waals surface area (Å²) in [4.78, 5) is 27.4. The molecule has 3 N–H and O–H groups in total. The van der Waals surface area contributed by atoms with Gasteiger partial charge in [-0.1, -0.05) is 30.3 Å². The van der Waals surface area contributed by atoms with Crippen LogP contribution in [-0.2, 0) is 22.4 Å². The maximum Gasteiger partial charge on any atom is 0.328 e. The number of carbonyl (C=O) groups excluding carboxylic acids is 2. The van der Waals surface area contributed by atoms with E-state index in [0.717, 1.165) is 54.5 Å². The first-order valence-electron chi connectivity index (χ1n) is 11.8. The fourth-order valence-electron chi connectivity index (χ4n) is 4.96. The molecule has 0 radical (unpaired) electrons. The van der Waals surface area contributed by atoms with E-state index in [1.807, 2.05) is 30.0 Å². The zero-order valence-corrected chi connectivity index (χ0v) is 19.8. The Balaban J connectivity index is 1.58. The number of hydrogen-bond acceptors (Lipinski definition) is 4. The van der Waals surface area contributed by atoms with Crippen LogP contribution in [0.4, 0.5) is 4.79 Å². The molecule has 0 aliphatic carbocycles. The first-order valence-corrected chi connectivity index (χ1v) is 11.8. The predicted molar refractivity (Wildman–Crippen MR) is 133 cm³/mol. The van der Waals surface area contributed by atoms with Crippen molar-refractivity contribution in [2.45, 2.75) is 39.0 Å². The van der Waals surface area contributed by atoms with Crippen LogP contribution in [0.25, 0.3) is 10.9 Å². The van der Waals surface area contributed by atoms with Crippen LogP contribution in [-0.4, -0.2) is 47.5 Å². The number of ether oxygens (including phenoxy) is 1. The van der Waals surface area contributed by atoms with E-state index in [1.54, 1.807) is 10.6 Å². The van der Waals surface area contributed by atoms with Crippen molar-refractivity contribution in [3.8, 4) is 0 Å². The van der Waals surface area contributed by atoms with E-state index in [0.29, 0.717) is 17.9 Å². The largest absolute Gasteiger partial charge is 0.469 e. The van der Waals surface area contributed by atoms with Crippen LogP contribution in [0.5, 0.6) is 0 Å². The smallest absolute Gasteiger partial charge is 0.328 e. The molecule has 34 heavy (non-hydrogen) atoms. The molecule has 1 aromatic heterocycles. The third-order valence-electron chi connectivity index (χ3n) is 6.90. The Bertz CT molecular complexity index is 1210. The maximum atomic E-state index is 13.7. The number of nitrogens with zero attached hydrogens (tertiary/aromatic N) is 2. The lowest BCUT2D eigenvalue weighted by Gasteiger charge is -2.32. The molecule has 0 atom stereocenters. The van der Waals surface area contributed by atoms with E-state index in [4.69, 9.17) is 15.9 Å². The molecule has 0 saturated carbocycles. The fourth-order valence-corrected chi connectivity index (χ4v) is 4.96. The van der Waals surface area contributed by atoms with Crippen molar-refractivity contribution in [1.29, 1.82) is 5.41 Å². The van der Waals surface area contributed by atoms with Gasteiger partial charge in [0.15, 0.2) is 0 Å². The van der Waals surface area contributed by atoms with Gasteiger partial charge < -0.3 is 15.4 Å². The minimum Gasteiger partial charge on any atom is -0.469 e. The van der Waals surface area contributed by atoms with Gasteiger partial charge in [-0.05, 0) is 67.9 Å². The summed E-state index contributed by atoms with van der Waals surface area (Å²) >= 11 is 0. The lowest BCUT2D eigenvalue weighted by Crippen LogP contribution is -2.41. The van der Waals surface area contributed by atoms with Gasteiger partial charge in [0.1, 0.15) is 5.84 Å². The van der Waals surface area contributed by atoms with Crippen molar-refractivity contribution in [2.75, 3.05) is 20.2 Å². The summed E-state index contributed by atoms with van der Waals surface area (Å²) in [6.45, 7) is 3.36. The van der Waals surface area contributed by atoms with E-state index in [-0.39, 0.29) is 24.3 Å². The maximum absolute atomic E-state index is 13.7. The van der Waals surface area contributed by atoms with Crippen LogP contribution in [0.2, 0.25) is 0 Å². The van der Waals surface area contributed by atoms with E-state index in [2.05, 4.69) is 24.3 Å². The topological polar surface area (TPSA) is 101 Å². The summed E-state index contributed by atoms with van der Waals surface area (Å²) in [7, 11) is 1.37. The van der Waals surface area contributed by atoms with Crippen LogP contribution in [0.1, 0.15) is 41.6 Å². The van der Waals surface area contributed by atoms with Crippen molar-refractivity contribution >= 4 is 28.7 Å². The number of aryl methyl sites for hydroxylation is 1. The Labute approximate surface area is 200 Å². The highest BCUT2D eigenvalue weighted by Crippen LogP contribution is 2.30. The molecule has 7 nitrogen and oxygen atoms in total. The number of nitrogen functional groups attached to an aromatic ring is 1. The summed E-state index contributed by atoms with van der Waals surface area (Å²) in [6.07, 6.45) is 3.67. The number of nitrogens with two attached hydrogens (primary N) is 1. The monoisotopic (exact) mass is 460 g/mol. The number of rotatable bonds is 6. The minimum absolute atomic E-state index is 0.0296. The average Bonchev–Trinajstić information content (AvgIpc) is 3.13. The summed E-state index contributed by atoms with van der Waals surface area (Å²) in [5.74, 6) is 0.246. The Morgan fingerprint density at radius 3 is 2.47 bits per heavy atom. The first kappa shape index (κ1) is 23.5. The molecule has 7 heteroatoms. The van der Waals surface area contributed by atoms with Gasteiger partial charge in [0.2, 0.25) is 0 Å². The summed E-state index contributed by atoms with van der Waals surface area (Å²) < 4.78 is 6.57. The number of amidine groups is 1. The number of benzene rings is 2. The van der Waals surface area contributed by atoms with Gasteiger partial charge in [-0.15, -0.1) is 0 Å². The first-order chi connectivity index (χ1) is 16.4. The number of methoxy groups -OCH3 is 1. The SMILES string of the molecule is COC(=O)CCc1c(C)n(C(=O)N2CCC(Cc3ccccc3)CC2)c2ccc(C(=N)N)cc12. The number of fused-ring (bicyclic) bond motifs is 1. The number of carbonyl (C=O) groups is 2. The molecule has 1 amide bonds. The molecule has 1 aliphatic heterocycles. The molecule has 4 rings (SSSR count). The quantitative estimate of drug-likeness (QED) is 0.326. The zero-order valence-electron chi connectivity index (χ0n) is 19.8. The molecular weight excluding hydrogens is 428 g/mol. The average molecular weight is 461 g/mol. The Morgan fingerprint density at radius 2 is 1.82 bits per heavy atom. The third-order valence-corrected chi connectivity index (χ3v) is 6.90. The summed E-state index contributed by atoms with van der Waals surface area (Å²) in [5, 5.41) is 8.66. The zero-order chi connectivity index (χ0) is 24.2. The van der Waals surface area contributed by atoms with Gasteiger partial charge in [0.05, 0.1) is 12.6 Å². The predicted octanol–water partition coefficient (Wildman–Crippen LogP) is 4.26. The fraction of sp³-hybridized carbons (Fsp3) is 0.370. The van der Waals surface area contributed by atoms with Crippen LogP contribution >= 0.6 is 0 Å². The minimum atomic E-state index is -0.296. The molecule has 3 aromatic rings. The van der Waals surface area contributed by atoms with Gasteiger partial charge in [0.25, 0.3) is 0 Å². The lowest BCUT2D eigenvalue weighted by atomic mass is 9.90. The Kier molecular flexibility index (Phi) is 7.01. The third kappa shape index (κ3) is 4.83. The van der Waals surface area contributed by atoms with Gasteiger partial charge in [0, 0.05) is 36.2 Å². The standard InChI is InChI=1S/C27H32N4O3/c1-18-22(9-11-25(32)34-2)23-17-21(26(28)29)8-10-24(23)31(18)27(33)30-14-12-20(13-15-30)16-19-6-4-3-5-7-19/h3-8,10,17,20H,9,11-16H2,1-2H3,(H3,28,29). The molecule has 2 aromatic carbocycles. The van der Waals surface area contributed by atoms with Crippen LogP contribution in [0, 0.1) is 18.3 Å². The molecule has 0 unspecified atom stereocenters. The Hall–Kier alpha value is -3.61. The summed E-state index contributed by atoms with van der Waals surface area (Å²) in [5.41, 5.74) is 10.2. The van der Waals surface area contributed by atoms with Crippen LogP contribution in [0.15, 0.2) is 48.5 Å². The number of piperidine rings is 1. The highest BCUT2D eigenvalue weighted by molar-refractivity contribution is 6.02. The summed E-state index contributed by atoms with van der Waals surface area (Å²) in [6, 6.07) is 15.9. The number of amides is 1. The lowest BCUT2D eigenvalue weighted by molar-refractivity contribution is -0.140. The Morgan fingerprint density at radius 1 is 1.12 bits per heavy atom. The van der Waals surface area contributed by atoms with E-state index in [1.165, 1.54) is 12.7 Å². The second-order valence-corrected chi connectivity index (χ2v) is 9.02. The second kappa shape index (κ2) is 10.1. The molecular formula is C27H32N4O3. The number of esters is 1. The van der Waals surface area contributed by atoms with Crippen molar-refractivity contribution in [3.05, 3.63) is 70.9 Å². The van der Waals surface area contributed by atoms with Gasteiger partial charge in [-0.25, -0.2) is 4.79 Å². The molecule has 0 bridgehead atoms. The van der Waals surface area contributed by atoms with Crippen LogP contribution < -0.4 is 5.73 Å². The molecule has 178 valence electrons. The molecule has 1 saturated heterocycles. The van der Waals surface area contributed by atoms with E-state index >= 15 is 0 Å². The van der Waals surface area contributed by atoms with Crippen molar-refractivity contribution in [1.82, 2.24) is 9.47 Å². The van der Waals surface area contributed by atoms with Crippen molar-refractivity contribution in [3.63, 3.8) is 0 Å². The second-order valence-electron chi connectivity index (χ2n) is 9.02. The van der Waals surface area contributed by atoms with Crippen molar-refractivity contribution in [2.24, 2.45) is 11.7 Å². The normalized spacial score (nSPS) is 14.4. The van der Waals surface area contributed by atoms with Gasteiger partial charge in [-0.2, -0.15) is 0 Å². The number of nitrogens with one attached hydrogen (secondary N) is 1. The van der Waals surface area contributed by atoms with Crippen LogP contribution in [0.3, 0.4) is 0 Å². The molecule has 2 heterocycles. The molecule has 1 fully saturated rings. The van der Waals surface area contributed by atoms with E-state index < -0.39 is 0 Å². The molecule has 1 aliphatic rings. The van der Waals surface area contributed by atoms with Crippen molar-refractivity contribution < 1.29 is 14.3 Å². The highest BCUT2D eigenvalue weighted by atomic mass is 16.5. The number of hydrogen-bond donors (Lipinski definition) is 2.